The summed E-state index contributed by atoms with van der Waals surface area (Å²) in [5.74, 6) is 0.508. The molecule has 6 heteroatoms. The average molecular weight is 286 g/mol. The molecule has 3 rings (SSSR count). The van der Waals surface area contributed by atoms with Crippen molar-refractivity contribution in [1.82, 2.24) is 9.88 Å². The van der Waals surface area contributed by atoms with Crippen LogP contribution in [0.15, 0.2) is 41.1 Å². The fourth-order valence-electron chi connectivity index (χ4n) is 2.30. The third-order valence-corrected chi connectivity index (χ3v) is 3.60. The topological polar surface area (TPSA) is 61.6 Å². The lowest BCUT2D eigenvalue weighted by molar-refractivity contribution is 0.0996. The lowest BCUT2D eigenvalue weighted by atomic mass is 10.3. The Hall–Kier alpha value is -2.34. The van der Waals surface area contributed by atoms with Gasteiger partial charge in [-0.25, -0.2) is 4.98 Å². The Kier molecular flexibility index (Phi) is 3.87. The maximum Gasteiger partial charge on any atom is 0.292 e. The quantitative estimate of drug-likeness (QED) is 0.930. The van der Waals surface area contributed by atoms with Gasteiger partial charge >= 0.3 is 0 Å². The SMILES string of the molecule is CN1CCN(c2ccc(NC(=O)c3ccco3)nc2)CC1. The summed E-state index contributed by atoms with van der Waals surface area (Å²) in [5, 5.41) is 2.71. The highest BCUT2D eigenvalue weighted by Crippen LogP contribution is 2.17. The predicted octanol–water partition coefficient (Wildman–Crippen LogP) is 1.68. The Morgan fingerprint density at radius 1 is 1.24 bits per heavy atom. The number of aromatic nitrogens is 1. The van der Waals surface area contributed by atoms with Crippen molar-refractivity contribution in [2.75, 3.05) is 43.4 Å². The van der Waals surface area contributed by atoms with Crippen LogP contribution >= 0.6 is 0 Å². The molecule has 0 aromatic carbocycles. The van der Waals surface area contributed by atoms with Gasteiger partial charge in [0.15, 0.2) is 5.76 Å². The van der Waals surface area contributed by atoms with Gasteiger partial charge in [0.2, 0.25) is 0 Å². The molecule has 1 N–H and O–H groups in total. The molecule has 1 fully saturated rings. The van der Waals surface area contributed by atoms with E-state index in [1.54, 1.807) is 18.3 Å². The smallest absolute Gasteiger partial charge is 0.292 e. The second kappa shape index (κ2) is 5.97. The molecular weight excluding hydrogens is 268 g/mol. The molecule has 0 saturated carbocycles. The number of carbonyl (C=O) groups is 1. The zero-order valence-corrected chi connectivity index (χ0v) is 12.0. The van der Waals surface area contributed by atoms with E-state index in [-0.39, 0.29) is 11.7 Å². The van der Waals surface area contributed by atoms with Crippen LogP contribution in [0.2, 0.25) is 0 Å². The first-order valence-electron chi connectivity index (χ1n) is 6.97. The van der Waals surface area contributed by atoms with Crippen molar-refractivity contribution in [3.63, 3.8) is 0 Å². The summed E-state index contributed by atoms with van der Waals surface area (Å²) in [6.45, 7) is 4.10. The first kappa shape index (κ1) is 13.6. The molecule has 0 atom stereocenters. The monoisotopic (exact) mass is 286 g/mol. The number of rotatable bonds is 3. The number of amides is 1. The van der Waals surface area contributed by atoms with Crippen LogP contribution in [0.3, 0.4) is 0 Å². The molecule has 21 heavy (non-hydrogen) atoms. The van der Waals surface area contributed by atoms with Gasteiger partial charge in [0, 0.05) is 26.2 Å². The minimum atomic E-state index is -0.292. The Balaban J connectivity index is 1.63. The minimum Gasteiger partial charge on any atom is -0.459 e. The summed E-state index contributed by atoms with van der Waals surface area (Å²) in [6, 6.07) is 7.09. The molecule has 2 aromatic rings. The van der Waals surface area contributed by atoms with Gasteiger partial charge < -0.3 is 19.5 Å². The number of carbonyl (C=O) groups excluding carboxylic acids is 1. The summed E-state index contributed by atoms with van der Waals surface area (Å²) in [4.78, 5) is 20.7. The van der Waals surface area contributed by atoms with Gasteiger partial charge in [-0.05, 0) is 31.3 Å². The van der Waals surface area contributed by atoms with Crippen LogP contribution in [0.5, 0.6) is 0 Å². The van der Waals surface area contributed by atoms with Crippen molar-refractivity contribution in [3.8, 4) is 0 Å². The van der Waals surface area contributed by atoms with E-state index in [9.17, 15) is 4.79 Å². The Morgan fingerprint density at radius 3 is 2.67 bits per heavy atom. The maximum atomic E-state index is 11.8. The number of pyridine rings is 1. The Bertz CT molecular complexity index is 587. The number of furan rings is 1. The average Bonchev–Trinajstić information content (AvgIpc) is 3.03. The zero-order chi connectivity index (χ0) is 14.7. The number of nitrogens with one attached hydrogen (secondary N) is 1. The molecular formula is C15H18N4O2. The van der Waals surface area contributed by atoms with Crippen LogP contribution in [-0.2, 0) is 0 Å². The Labute approximate surface area is 123 Å². The summed E-state index contributed by atoms with van der Waals surface area (Å²) >= 11 is 0. The lowest BCUT2D eigenvalue weighted by Gasteiger charge is -2.33. The molecule has 1 aliphatic heterocycles. The molecule has 0 radical (unpaired) electrons. The third kappa shape index (κ3) is 3.22. The van der Waals surface area contributed by atoms with Gasteiger partial charge in [-0.1, -0.05) is 0 Å². The Morgan fingerprint density at radius 2 is 2.05 bits per heavy atom. The second-order valence-electron chi connectivity index (χ2n) is 5.12. The summed E-state index contributed by atoms with van der Waals surface area (Å²) < 4.78 is 5.04. The van der Waals surface area contributed by atoms with Crippen molar-refractivity contribution in [2.24, 2.45) is 0 Å². The fraction of sp³-hybridized carbons (Fsp3) is 0.333. The normalized spacial score (nSPS) is 16.0. The van der Waals surface area contributed by atoms with Gasteiger partial charge in [-0.2, -0.15) is 0 Å². The van der Waals surface area contributed by atoms with Gasteiger partial charge in [0.25, 0.3) is 5.91 Å². The van der Waals surface area contributed by atoms with Crippen molar-refractivity contribution in [2.45, 2.75) is 0 Å². The van der Waals surface area contributed by atoms with E-state index in [2.05, 4.69) is 27.1 Å². The molecule has 1 aliphatic rings. The molecule has 2 aromatic heterocycles. The van der Waals surface area contributed by atoms with E-state index in [0.29, 0.717) is 5.82 Å². The van der Waals surface area contributed by atoms with Crippen molar-refractivity contribution in [3.05, 3.63) is 42.5 Å². The second-order valence-corrected chi connectivity index (χ2v) is 5.12. The predicted molar refractivity (Wildman–Crippen MR) is 80.6 cm³/mol. The van der Waals surface area contributed by atoms with Gasteiger partial charge in [0.1, 0.15) is 5.82 Å². The highest BCUT2D eigenvalue weighted by molar-refractivity contribution is 6.01. The molecule has 3 heterocycles. The van der Waals surface area contributed by atoms with E-state index in [1.807, 2.05) is 12.1 Å². The van der Waals surface area contributed by atoms with Gasteiger partial charge in [0.05, 0.1) is 18.1 Å². The molecule has 0 spiro atoms. The van der Waals surface area contributed by atoms with Crippen molar-refractivity contribution in [1.29, 1.82) is 0 Å². The molecule has 0 bridgehead atoms. The number of nitrogens with zero attached hydrogens (tertiary/aromatic N) is 3. The van der Waals surface area contributed by atoms with E-state index >= 15 is 0 Å². The first-order valence-corrected chi connectivity index (χ1v) is 6.97. The molecule has 1 amide bonds. The molecule has 110 valence electrons. The van der Waals surface area contributed by atoms with E-state index in [4.69, 9.17) is 4.42 Å². The molecule has 1 saturated heterocycles. The van der Waals surface area contributed by atoms with Crippen molar-refractivity contribution < 1.29 is 9.21 Å². The molecule has 0 unspecified atom stereocenters. The van der Waals surface area contributed by atoms with E-state index in [1.165, 1.54) is 6.26 Å². The number of piperazine rings is 1. The highest BCUT2D eigenvalue weighted by atomic mass is 16.3. The first-order chi connectivity index (χ1) is 10.2. The van der Waals surface area contributed by atoms with Crippen molar-refractivity contribution >= 4 is 17.4 Å². The van der Waals surface area contributed by atoms with Crippen LogP contribution in [-0.4, -0.2) is 49.0 Å². The molecule has 0 aliphatic carbocycles. The van der Waals surface area contributed by atoms with Crippen LogP contribution in [0, 0.1) is 0 Å². The number of hydrogen-bond acceptors (Lipinski definition) is 5. The third-order valence-electron chi connectivity index (χ3n) is 3.60. The van der Waals surface area contributed by atoms with Crippen LogP contribution < -0.4 is 10.2 Å². The van der Waals surface area contributed by atoms with Crippen LogP contribution in [0.4, 0.5) is 11.5 Å². The zero-order valence-electron chi connectivity index (χ0n) is 12.0. The van der Waals surface area contributed by atoms with Gasteiger partial charge in [-0.3, -0.25) is 4.79 Å². The fourth-order valence-corrected chi connectivity index (χ4v) is 2.30. The number of hydrogen-bond donors (Lipinski definition) is 1. The summed E-state index contributed by atoms with van der Waals surface area (Å²) in [5.41, 5.74) is 1.08. The van der Waals surface area contributed by atoms with E-state index in [0.717, 1.165) is 31.9 Å². The van der Waals surface area contributed by atoms with Crippen LogP contribution in [0.1, 0.15) is 10.6 Å². The lowest BCUT2D eigenvalue weighted by Crippen LogP contribution is -2.44. The number of anilines is 2. The number of likely N-dealkylation sites (N-methyl/N-ethyl adjacent to an activating group) is 1. The highest BCUT2D eigenvalue weighted by Gasteiger charge is 2.15. The molecule has 6 nitrogen and oxygen atoms in total. The van der Waals surface area contributed by atoms with Gasteiger partial charge in [-0.15, -0.1) is 0 Å². The maximum absolute atomic E-state index is 11.8. The largest absolute Gasteiger partial charge is 0.459 e. The van der Waals surface area contributed by atoms with Crippen LogP contribution in [0.25, 0.3) is 0 Å². The summed E-state index contributed by atoms with van der Waals surface area (Å²) in [6.07, 6.45) is 3.27. The minimum absolute atomic E-state index is 0.278. The van der Waals surface area contributed by atoms with E-state index < -0.39 is 0 Å². The standard InChI is InChI=1S/C15H18N4O2/c1-18-6-8-19(9-7-18)12-4-5-14(16-11-12)17-15(20)13-3-2-10-21-13/h2-5,10-11H,6-9H2,1H3,(H,16,17,20). The summed E-state index contributed by atoms with van der Waals surface area (Å²) in [7, 11) is 2.13.